The molecule has 43 heavy (non-hydrogen) atoms. The second kappa shape index (κ2) is 13.1. The van der Waals surface area contributed by atoms with Gasteiger partial charge >= 0.3 is 0 Å². The minimum Gasteiger partial charge on any atom is -0.497 e. The first-order valence-electron chi connectivity index (χ1n) is 14.2. The largest absolute Gasteiger partial charge is 0.497 e. The van der Waals surface area contributed by atoms with E-state index in [0.29, 0.717) is 11.5 Å². The van der Waals surface area contributed by atoms with Gasteiger partial charge < -0.3 is 28.4 Å². The van der Waals surface area contributed by atoms with Gasteiger partial charge in [0.2, 0.25) is 0 Å². The Balaban J connectivity index is 1.73. The predicted molar refractivity (Wildman–Crippen MR) is 173 cm³/mol. The van der Waals surface area contributed by atoms with Gasteiger partial charge in [0.25, 0.3) is 0 Å². The Morgan fingerprint density at radius 3 is 1.88 bits per heavy atom. The number of hydrogen-bond acceptors (Lipinski definition) is 7. The van der Waals surface area contributed by atoms with Gasteiger partial charge in [-0.15, -0.1) is 11.8 Å². The van der Waals surface area contributed by atoms with Crippen LogP contribution < -0.4 is 28.4 Å². The summed E-state index contributed by atoms with van der Waals surface area (Å²) < 4.78 is 34.6. The fourth-order valence-electron chi connectivity index (χ4n) is 6.22. The monoisotopic (exact) mass is 600 g/mol. The first-order chi connectivity index (χ1) is 20.8. The van der Waals surface area contributed by atoms with Crippen LogP contribution in [0.2, 0.25) is 0 Å². The number of benzene rings is 4. The van der Waals surface area contributed by atoms with Crippen LogP contribution in [0.5, 0.6) is 34.5 Å². The highest BCUT2D eigenvalue weighted by Crippen LogP contribution is 2.62. The number of fused-ring (bicyclic) bond motifs is 1. The summed E-state index contributed by atoms with van der Waals surface area (Å²) in [6.07, 6.45) is 0. The van der Waals surface area contributed by atoms with Gasteiger partial charge in [0.05, 0.1) is 42.7 Å². The lowest BCUT2D eigenvalue weighted by Gasteiger charge is -2.28. The summed E-state index contributed by atoms with van der Waals surface area (Å²) >= 11 is 1.93. The zero-order chi connectivity index (χ0) is 30.7. The molecule has 0 heterocycles. The molecule has 5 rings (SSSR count). The molecule has 0 spiro atoms. The van der Waals surface area contributed by atoms with Crippen LogP contribution in [0.25, 0.3) is 0 Å². The summed E-state index contributed by atoms with van der Waals surface area (Å²) in [5, 5.41) is 0.103. The van der Waals surface area contributed by atoms with Gasteiger partial charge in [-0.05, 0) is 83.6 Å². The molecule has 226 valence electrons. The first kappa shape index (κ1) is 30.5. The third-order valence-electron chi connectivity index (χ3n) is 8.27. The van der Waals surface area contributed by atoms with Crippen molar-refractivity contribution in [3.05, 3.63) is 106 Å². The number of hydrogen-bond donors (Lipinski definition) is 0. The van der Waals surface area contributed by atoms with Gasteiger partial charge in [0.15, 0.2) is 11.5 Å². The number of thioether (sulfide) groups is 1. The van der Waals surface area contributed by atoms with E-state index in [0.717, 1.165) is 51.0 Å². The van der Waals surface area contributed by atoms with E-state index in [4.69, 9.17) is 28.4 Å². The third-order valence-corrected chi connectivity index (χ3v) is 9.67. The summed E-state index contributed by atoms with van der Waals surface area (Å²) in [6, 6.07) is 23.3. The normalized spacial score (nSPS) is 17.3. The summed E-state index contributed by atoms with van der Waals surface area (Å²) in [5.74, 6) is 5.49. The molecule has 4 aromatic rings. The second-order valence-corrected chi connectivity index (χ2v) is 11.9. The van der Waals surface area contributed by atoms with Crippen LogP contribution in [0.3, 0.4) is 0 Å². The van der Waals surface area contributed by atoms with Gasteiger partial charge in [0.1, 0.15) is 23.0 Å². The Morgan fingerprint density at radius 1 is 0.581 bits per heavy atom. The second-order valence-electron chi connectivity index (χ2n) is 10.8. The molecule has 0 aliphatic heterocycles. The maximum Gasteiger partial charge on any atom is 0.161 e. The number of rotatable bonds is 11. The van der Waals surface area contributed by atoms with Crippen molar-refractivity contribution >= 4 is 11.8 Å². The van der Waals surface area contributed by atoms with Gasteiger partial charge in [0, 0.05) is 34.5 Å². The fourth-order valence-corrected chi connectivity index (χ4v) is 7.67. The topological polar surface area (TPSA) is 55.4 Å². The number of aryl methyl sites for hydroxylation is 2. The summed E-state index contributed by atoms with van der Waals surface area (Å²) in [6.45, 7) is 4.20. The highest BCUT2D eigenvalue weighted by molar-refractivity contribution is 7.98. The number of ether oxygens (including phenoxy) is 6. The molecule has 1 aliphatic carbocycles. The fraction of sp³-hybridized carbons (Fsp3) is 0.333. The molecule has 1 unspecified atom stereocenters. The molecule has 0 fully saturated rings. The predicted octanol–water partition coefficient (Wildman–Crippen LogP) is 8.26. The lowest BCUT2D eigenvalue weighted by molar-refractivity contribution is 0.354. The van der Waals surface area contributed by atoms with E-state index in [1.165, 1.54) is 16.7 Å². The zero-order valence-electron chi connectivity index (χ0n) is 26.1. The molecule has 6 nitrogen and oxygen atoms in total. The summed E-state index contributed by atoms with van der Waals surface area (Å²) in [5.41, 5.74) is 8.20. The van der Waals surface area contributed by atoms with Gasteiger partial charge in [-0.2, -0.15) is 0 Å². The van der Waals surface area contributed by atoms with Crippen molar-refractivity contribution in [3.8, 4) is 34.5 Å². The smallest absolute Gasteiger partial charge is 0.161 e. The standard InChI is InChI=1S/C36H40O6S/c1-21-13-28-35(32(14-21)42-8)33(24-11-12-29(39-5)31(18-24)41-7)34(25-16-26(37-3)19-27(17-25)38-4)36(28)43-20-23-10-9-22(2)30(15-23)40-6/h9-19,33-34,36H,20H2,1-8H3/t33-,34-,36?/m0/s1. The van der Waals surface area contributed by atoms with Gasteiger partial charge in [-0.25, -0.2) is 0 Å². The zero-order valence-corrected chi connectivity index (χ0v) is 27.0. The SMILES string of the molecule is COc1cc(OC)cc([C@@H]2C(SCc3ccc(C)c(OC)c3)c3cc(C)cc(OC)c3[C@H]2c2ccc(OC)c(OC)c2)c1. The maximum atomic E-state index is 6.09. The van der Waals surface area contributed by atoms with Gasteiger partial charge in [-0.1, -0.05) is 24.3 Å². The molecule has 0 saturated carbocycles. The van der Waals surface area contributed by atoms with Crippen LogP contribution in [0.4, 0.5) is 0 Å². The Hall–Kier alpha value is -3.97. The molecule has 0 N–H and O–H groups in total. The van der Waals surface area contributed by atoms with Crippen LogP contribution in [0.1, 0.15) is 56.0 Å². The first-order valence-corrected chi connectivity index (χ1v) is 15.3. The van der Waals surface area contributed by atoms with Crippen molar-refractivity contribution in [1.29, 1.82) is 0 Å². The van der Waals surface area contributed by atoms with Crippen LogP contribution in [-0.2, 0) is 5.75 Å². The molecule has 1 aliphatic rings. The van der Waals surface area contributed by atoms with E-state index in [1.807, 2.05) is 23.9 Å². The number of methoxy groups -OCH3 is 6. The molecular weight excluding hydrogens is 560 g/mol. The minimum atomic E-state index is -0.0350. The van der Waals surface area contributed by atoms with E-state index in [1.54, 1.807) is 42.7 Å². The molecule has 3 atom stereocenters. The van der Waals surface area contributed by atoms with Crippen LogP contribution >= 0.6 is 11.8 Å². The van der Waals surface area contributed by atoms with Crippen molar-refractivity contribution in [2.45, 2.75) is 36.7 Å². The van der Waals surface area contributed by atoms with Crippen LogP contribution in [-0.4, -0.2) is 42.7 Å². The molecule has 4 aromatic carbocycles. The Morgan fingerprint density at radius 2 is 1.26 bits per heavy atom. The van der Waals surface area contributed by atoms with Crippen molar-refractivity contribution in [3.63, 3.8) is 0 Å². The van der Waals surface area contributed by atoms with E-state index < -0.39 is 0 Å². The molecule has 0 radical (unpaired) electrons. The highest BCUT2D eigenvalue weighted by Gasteiger charge is 2.45. The minimum absolute atomic E-state index is 0.0325. The molecule has 0 aromatic heterocycles. The highest BCUT2D eigenvalue weighted by atomic mass is 32.2. The van der Waals surface area contributed by atoms with E-state index >= 15 is 0 Å². The van der Waals surface area contributed by atoms with Crippen molar-refractivity contribution in [2.24, 2.45) is 0 Å². The summed E-state index contributed by atoms with van der Waals surface area (Å²) in [7, 11) is 10.2. The lowest BCUT2D eigenvalue weighted by Crippen LogP contribution is -2.12. The molecular formula is C36H40O6S. The Kier molecular flexibility index (Phi) is 9.31. The quantitative estimate of drug-likeness (QED) is 0.172. The van der Waals surface area contributed by atoms with Crippen molar-refractivity contribution < 1.29 is 28.4 Å². The summed E-state index contributed by atoms with van der Waals surface area (Å²) in [4.78, 5) is 0. The molecule has 0 bridgehead atoms. The average molecular weight is 601 g/mol. The van der Waals surface area contributed by atoms with E-state index in [2.05, 4.69) is 68.4 Å². The van der Waals surface area contributed by atoms with E-state index in [9.17, 15) is 0 Å². The maximum absolute atomic E-state index is 6.09. The van der Waals surface area contributed by atoms with Crippen molar-refractivity contribution in [2.75, 3.05) is 42.7 Å². The molecule has 7 heteroatoms. The third kappa shape index (κ3) is 5.96. The average Bonchev–Trinajstić information content (AvgIpc) is 3.36. The Labute approximate surface area is 259 Å². The van der Waals surface area contributed by atoms with E-state index in [-0.39, 0.29) is 17.1 Å². The molecule has 0 amide bonds. The Bertz CT molecular complexity index is 1580. The molecule has 0 saturated heterocycles. The van der Waals surface area contributed by atoms with Gasteiger partial charge in [-0.3, -0.25) is 0 Å². The van der Waals surface area contributed by atoms with Crippen LogP contribution in [0, 0.1) is 13.8 Å². The van der Waals surface area contributed by atoms with Crippen molar-refractivity contribution in [1.82, 2.24) is 0 Å². The lowest BCUT2D eigenvalue weighted by atomic mass is 9.81. The van der Waals surface area contributed by atoms with Crippen LogP contribution in [0.15, 0.2) is 66.7 Å².